The van der Waals surface area contributed by atoms with Crippen molar-refractivity contribution in [3.63, 3.8) is 0 Å². The van der Waals surface area contributed by atoms with Crippen LogP contribution in [0, 0.1) is 5.82 Å². The number of fused-ring (bicyclic) bond motifs is 1. The molecule has 0 unspecified atom stereocenters. The van der Waals surface area contributed by atoms with E-state index in [1.165, 1.54) is 19.2 Å². The van der Waals surface area contributed by atoms with Crippen LogP contribution in [0.25, 0.3) is 0 Å². The monoisotopic (exact) mass is 347 g/mol. The highest BCUT2D eigenvalue weighted by Crippen LogP contribution is 2.32. The summed E-state index contributed by atoms with van der Waals surface area (Å²) in [5, 5.41) is 0.0660. The number of ether oxygens (including phenoxy) is 1. The second-order valence-corrected chi connectivity index (χ2v) is 5.89. The van der Waals surface area contributed by atoms with Crippen molar-refractivity contribution in [2.75, 3.05) is 18.6 Å². The molecule has 1 aliphatic rings. The van der Waals surface area contributed by atoms with Gasteiger partial charge in [-0.05, 0) is 48.7 Å². The molecule has 1 aliphatic heterocycles. The molecule has 0 atom stereocenters. The SMILES string of the molecule is COC(=O)c1cccc2c1CCCN2C(=O)c1ccc(F)cc1Cl. The first-order chi connectivity index (χ1) is 11.5. The molecular weight excluding hydrogens is 333 g/mol. The molecule has 24 heavy (non-hydrogen) atoms. The molecule has 0 fully saturated rings. The molecular formula is C18H15ClFNO3. The number of benzene rings is 2. The number of halogens is 2. The number of amides is 1. The summed E-state index contributed by atoms with van der Waals surface area (Å²) < 4.78 is 18.0. The van der Waals surface area contributed by atoms with E-state index in [4.69, 9.17) is 16.3 Å². The molecule has 0 saturated heterocycles. The highest BCUT2D eigenvalue weighted by atomic mass is 35.5. The molecule has 2 aromatic carbocycles. The predicted molar refractivity (Wildman–Crippen MR) is 89.2 cm³/mol. The maximum absolute atomic E-state index is 13.2. The molecule has 4 nitrogen and oxygen atoms in total. The van der Waals surface area contributed by atoms with Gasteiger partial charge in [0.15, 0.2) is 0 Å². The van der Waals surface area contributed by atoms with Gasteiger partial charge in [0, 0.05) is 12.2 Å². The molecule has 6 heteroatoms. The third kappa shape index (κ3) is 2.87. The Bertz CT molecular complexity index is 822. The Hall–Kier alpha value is -2.40. The van der Waals surface area contributed by atoms with Gasteiger partial charge in [0.25, 0.3) is 5.91 Å². The Morgan fingerprint density at radius 3 is 2.71 bits per heavy atom. The van der Waals surface area contributed by atoms with Gasteiger partial charge in [0.2, 0.25) is 0 Å². The fraction of sp³-hybridized carbons (Fsp3) is 0.222. The number of anilines is 1. The number of hydrogen-bond acceptors (Lipinski definition) is 3. The summed E-state index contributed by atoms with van der Waals surface area (Å²) in [4.78, 5) is 26.4. The van der Waals surface area contributed by atoms with Gasteiger partial charge in [-0.25, -0.2) is 9.18 Å². The largest absolute Gasteiger partial charge is 0.465 e. The van der Waals surface area contributed by atoms with Gasteiger partial charge in [0.05, 0.1) is 23.3 Å². The standard InChI is InChI=1S/C18H15ClFNO3/c1-24-18(23)13-4-2-6-16-12(13)5-3-9-21(16)17(22)14-8-7-11(20)10-15(14)19/h2,4,6-8,10H,3,5,9H2,1H3. The van der Waals surface area contributed by atoms with Crippen LogP contribution in [0.3, 0.4) is 0 Å². The Balaban J connectivity index is 2.03. The highest BCUT2D eigenvalue weighted by molar-refractivity contribution is 6.34. The molecule has 2 aromatic rings. The van der Waals surface area contributed by atoms with Crippen LogP contribution >= 0.6 is 11.6 Å². The van der Waals surface area contributed by atoms with E-state index in [1.807, 2.05) is 0 Å². The van der Waals surface area contributed by atoms with E-state index in [0.29, 0.717) is 30.6 Å². The van der Waals surface area contributed by atoms with Crippen LogP contribution in [-0.4, -0.2) is 25.5 Å². The summed E-state index contributed by atoms with van der Waals surface area (Å²) in [7, 11) is 1.33. The summed E-state index contributed by atoms with van der Waals surface area (Å²) in [6.45, 7) is 0.504. The summed E-state index contributed by atoms with van der Waals surface area (Å²) in [6, 6.07) is 8.88. The first-order valence-corrected chi connectivity index (χ1v) is 7.88. The zero-order valence-electron chi connectivity index (χ0n) is 13.0. The van der Waals surface area contributed by atoms with Crippen LogP contribution in [0.5, 0.6) is 0 Å². The summed E-state index contributed by atoms with van der Waals surface area (Å²) >= 11 is 6.01. The highest BCUT2D eigenvalue weighted by Gasteiger charge is 2.28. The number of nitrogens with zero attached hydrogens (tertiary/aromatic N) is 1. The third-order valence-electron chi connectivity index (χ3n) is 4.06. The zero-order valence-corrected chi connectivity index (χ0v) is 13.8. The number of carbonyl (C=O) groups excluding carboxylic acids is 2. The molecule has 0 radical (unpaired) electrons. The molecule has 0 saturated carbocycles. The lowest BCUT2D eigenvalue weighted by Gasteiger charge is -2.30. The normalized spacial score (nSPS) is 13.4. The molecule has 124 valence electrons. The predicted octanol–water partition coefficient (Wildman–Crippen LogP) is 3.86. The van der Waals surface area contributed by atoms with Crippen molar-refractivity contribution in [2.24, 2.45) is 0 Å². The second kappa shape index (κ2) is 6.61. The van der Waals surface area contributed by atoms with Crippen LogP contribution in [0.2, 0.25) is 5.02 Å². The van der Waals surface area contributed by atoms with Gasteiger partial charge >= 0.3 is 5.97 Å². The van der Waals surface area contributed by atoms with Crippen molar-refractivity contribution in [1.82, 2.24) is 0 Å². The molecule has 0 bridgehead atoms. The Labute approximate surface area is 143 Å². The second-order valence-electron chi connectivity index (χ2n) is 5.48. The van der Waals surface area contributed by atoms with E-state index >= 15 is 0 Å². The fourth-order valence-electron chi connectivity index (χ4n) is 2.95. The molecule has 0 N–H and O–H groups in total. The van der Waals surface area contributed by atoms with Gasteiger partial charge in [0.1, 0.15) is 5.82 Å². The van der Waals surface area contributed by atoms with Gasteiger partial charge < -0.3 is 9.64 Å². The zero-order chi connectivity index (χ0) is 17.3. The van der Waals surface area contributed by atoms with E-state index in [9.17, 15) is 14.0 Å². The summed E-state index contributed by atoms with van der Waals surface area (Å²) in [5.41, 5.74) is 2.13. The molecule has 0 aromatic heterocycles. The summed E-state index contributed by atoms with van der Waals surface area (Å²) in [6.07, 6.45) is 1.40. The van der Waals surface area contributed by atoms with Crippen LogP contribution < -0.4 is 4.90 Å². The number of rotatable bonds is 2. The van der Waals surface area contributed by atoms with E-state index in [-0.39, 0.29) is 16.5 Å². The lowest BCUT2D eigenvalue weighted by molar-refractivity contribution is 0.0599. The smallest absolute Gasteiger partial charge is 0.338 e. The minimum Gasteiger partial charge on any atom is -0.465 e. The van der Waals surface area contributed by atoms with Crippen LogP contribution in [0.1, 0.15) is 32.7 Å². The maximum atomic E-state index is 13.2. The van der Waals surface area contributed by atoms with E-state index in [1.54, 1.807) is 23.1 Å². The van der Waals surface area contributed by atoms with Crippen molar-refractivity contribution in [3.8, 4) is 0 Å². The van der Waals surface area contributed by atoms with Gasteiger partial charge in [-0.15, -0.1) is 0 Å². The third-order valence-corrected chi connectivity index (χ3v) is 4.38. The van der Waals surface area contributed by atoms with Crippen LogP contribution in [0.4, 0.5) is 10.1 Å². The average Bonchev–Trinajstić information content (AvgIpc) is 2.59. The first-order valence-electron chi connectivity index (χ1n) is 7.50. The molecule has 0 aliphatic carbocycles. The van der Waals surface area contributed by atoms with Crippen molar-refractivity contribution < 1.29 is 18.7 Å². The lowest BCUT2D eigenvalue weighted by atomic mass is 9.95. The number of esters is 1. The van der Waals surface area contributed by atoms with E-state index in [0.717, 1.165) is 11.6 Å². The van der Waals surface area contributed by atoms with Crippen molar-refractivity contribution in [3.05, 3.63) is 63.9 Å². The van der Waals surface area contributed by atoms with Crippen molar-refractivity contribution in [2.45, 2.75) is 12.8 Å². The minimum atomic E-state index is -0.497. The molecule has 0 spiro atoms. The Morgan fingerprint density at radius 2 is 2.00 bits per heavy atom. The first kappa shape index (κ1) is 16.5. The average molecular weight is 348 g/mol. The van der Waals surface area contributed by atoms with Gasteiger partial charge in [-0.2, -0.15) is 0 Å². The van der Waals surface area contributed by atoms with E-state index in [2.05, 4.69) is 0 Å². The number of carbonyl (C=O) groups is 2. The lowest BCUT2D eigenvalue weighted by Crippen LogP contribution is -2.36. The molecule has 1 heterocycles. The topological polar surface area (TPSA) is 46.6 Å². The van der Waals surface area contributed by atoms with Crippen molar-refractivity contribution in [1.29, 1.82) is 0 Å². The van der Waals surface area contributed by atoms with Gasteiger partial charge in [-0.1, -0.05) is 17.7 Å². The fourth-order valence-corrected chi connectivity index (χ4v) is 3.19. The van der Waals surface area contributed by atoms with E-state index < -0.39 is 11.8 Å². The number of methoxy groups -OCH3 is 1. The van der Waals surface area contributed by atoms with Crippen molar-refractivity contribution >= 4 is 29.2 Å². The van der Waals surface area contributed by atoms with Crippen LogP contribution in [0.15, 0.2) is 36.4 Å². The molecule has 3 rings (SSSR count). The Kier molecular flexibility index (Phi) is 4.53. The van der Waals surface area contributed by atoms with Crippen LogP contribution in [-0.2, 0) is 11.2 Å². The Morgan fingerprint density at radius 1 is 1.21 bits per heavy atom. The molecule has 1 amide bonds. The summed E-state index contributed by atoms with van der Waals surface area (Å²) in [5.74, 6) is -1.24. The minimum absolute atomic E-state index is 0.0660. The maximum Gasteiger partial charge on any atom is 0.338 e. The quantitative estimate of drug-likeness (QED) is 0.775. The number of hydrogen-bond donors (Lipinski definition) is 0. The van der Waals surface area contributed by atoms with Gasteiger partial charge in [-0.3, -0.25) is 4.79 Å².